The van der Waals surface area contributed by atoms with E-state index in [4.69, 9.17) is 25.9 Å². The Morgan fingerprint density at radius 1 is 1.18 bits per heavy atom. The van der Waals surface area contributed by atoms with Gasteiger partial charge in [-0.3, -0.25) is 4.79 Å². The number of hydrazone groups is 1. The summed E-state index contributed by atoms with van der Waals surface area (Å²) in [7, 11) is 0. The summed E-state index contributed by atoms with van der Waals surface area (Å²) in [5, 5.41) is 7.38. The number of nitrogens with zero attached hydrogens (tertiary/aromatic N) is 3. The summed E-state index contributed by atoms with van der Waals surface area (Å²) in [6, 6.07) is 18.6. The fourth-order valence-corrected chi connectivity index (χ4v) is 4.28. The third kappa shape index (κ3) is 4.10. The predicted molar refractivity (Wildman–Crippen MR) is 128 cm³/mol. The van der Waals surface area contributed by atoms with E-state index < -0.39 is 6.04 Å². The highest BCUT2D eigenvalue weighted by atomic mass is 35.5. The molecule has 6 nitrogen and oxygen atoms in total. The molecule has 1 aliphatic rings. The average molecular weight is 460 g/mol. The van der Waals surface area contributed by atoms with E-state index in [1.165, 1.54) is 11.3 Å². The van der Waals surface area contributed by atoms with Gasteiger partial charge in [0, 0.05) is 17.4 Å². The average Bonchev–Trinajstić information content (AvgIpc) is 3.50. The number of aryl methyl sites for hydroxylation is 1. The quantitative estimate of drug-likeness (QED) is 0.334. The van der Waals surface area contributed by atoms with Crippen LogP contribution in [0, 0.1) is 6.92 Å². The molecule has 0 radical (unpaired) electrons. The highest BCUT2D eigenvalue weighted by Gasteiger charge is 2.36. The molecule has 0 spiro atoms. The highest BCUT2D eigenvalue weighted by Crippen LogP contribution is 2.38. The minimum Gasteiger partial charge on any atom is -0.494 e. The van der Waals surface area contributed by atoms with Crippen molar-refractivity contribution in [2.75, 3.05) is 6.61 Å². The van der Waals surface area contributed by atoms with E-state index in [1.807, 2.05) is 62.4 Å². The Labute approximate surface area is 196 Å². The number of aromatic nitrogens is 1. The van der Waals surface area contributed by atoms with Crippen LogP contribution in [0.4, 0.5) is 0 Å². The molecule has 7 heteroatoms. The Hall–Kier alpha value is -3.64. The van der Waals surface area contributed by atoms with Gasteiger partial charge in [0.25, 0.3) is 0 Å². The van der Waals surface area contributed by atoms with Gasteiger partial charge in [-0.1, -0.05) is 41.4 Å². The molecular weight excluding hydrogens is 438 g/mol. The smallest absolute Gasteiger partial charge is 0.310 e. The number of ether oxygens (including phenoxy) is 1. The van der Waals surface area contributed by atoms with E-state index in [2.05, 4.69) is 4.98 Å². The molecule has 4 aromatic rings. The number of carbonyl (C=O) groups excluding carboxylic acids is 1. The second-order valence-electron chi connectivity index (χ2n) is 7.92. The fraction of sp³-hybridized carbons (Fsp3) is 0.192. The number of benzene rings is 2. The van der Waals surface area contributed by atoms with E-state index in [9.17, 15) is 4.79 Å². The molecule has 0 unspecified atom stereocenters. The van der Waals surface area contributed by atoms with Gasteiger partial charge in [-0.15, -0.1) is 0 Å². The normalized spacial score (nSPS) is 15.7. The lowest BCUT2D eigenvalue weighted by Gasteiger charge is -2.22. The van der Waals surface area contributed by atoms with E-state index in [1.54, 1.807) is 12.1 Å². The molecule has 33 heavy (non-hydrogen) atoms. The largest absolute Gasteiger partial charge is 0.494 e. The van der Waals surface area contributed by atoms with Crippen LogP contribution in [0.3, 0.4) is 0 Å². The van der Waals surface area contributed by atoms with Crippen molar-refractivity contribution in [3.05, 3.63) is 94.5 Å². The van der Waals surface area contributed by atoms with Crippen LogP contribution in [0.2, 0.25) is 5.15 Å². The van der Waals surface area contributed by atoms with Gasteiger partial charge in [-0.2, -0.15) is 5.10 Å². The van der Waals surface area contributed by atoms with Crippen molar-refractivity contribution >= 4 is 34.1 Å². The van der Waals surface area contributed by atoms with Gasteiger partial charge in [0.15, 0.2) is 5.76 Å². The lowest BCUT2D eigenvalue weighted by Crippen LogP contribution is -2.27. The second kappa shape index (κ2) is 8.71. The zero-order valence-corrected chi connectivity index (χ0v) is 19.0. The zero-order valence-electron chi connectivity index (χ0n) is 18.3. The lowest BCUT2D eigenvalue weighted by molar-refractivity contribution is 0.0678. The Morgan fingerprint density at radius 2 is 2.00 bits per heavy atom. The summed E-state index contributed by atoms with van der Waals surface area (Å²) in [5.41, 5.74) is 4.41. The highest BCUT2D eigenvalue weighted by molar-refractivity contribution is 6.30. The Morgan fingerprint density at radius 3 is 2.73 bits per heavy atom. The van der Waals surface area contributed by atoms with Crippen LogP contribution in [0.15, 0.2) is 76.4 Å². The van der Waals surface area contributed by atoms with Gasteiger partial charge < -0.3 is 9.15 Å². The summed E-state index contributed by atoms with van der Waals surface area (Å²) in [6.45, 7) is 4.55. The minimum atomic E-state index is -0.418. The third-order valence-corrected chi connectivity index (χ3v) is 5.97. The first-order valence-corrected chi connectivity index (χ1v) is 11.2. The maximum atomic E-state index is 13.3. The number of rotatable bonds is 5. The van der Waals surface area contributed by atoms with Gasteiger partial charge in [-0.25, -0.2) is 9.99 Å². The molecular formula is C26H22ClN3O3. The molecule has 2 aromatic carbocycles. The van der Waals surface area contributed by atoms with Crippen LogP contribution < -0.4 is 4.74 Å². The molecule has 0 N–H and O–H groups in total. The number of amides is 1. The summed E-state index contributed by atoms with van der Waals surface area (Å²) < 4.78 is 11.0. The van der Waals surface area contributed by atoms with Crippen LogP contribution in [0.5, 0.6) is 5.75 Å². The summed E-state index contributed by atoms with van der Waals surface area (Å²) >= 11 is 6.64. The predicted octanol–water partition coefficient (Wildman–Crippen LogP) is 6.18. The Bertz CT molecular complexity index is 1350. The van der Waals surface area contributed by atoms with Crippen LogP contribution >= 0.6 is 11.6 Å². The van der Waals surface area contributed by atoms with Gasteiger partial charge in [0.1, 0.15) is 10.9 Å². The SMILES string of the molecule is CCOc1ccc2nc(Cl)c([C@@H]3CC(c4ccc(C)cc4)=NN3C(=O)c3ccco3)cc2c1. The minimum absolute atomic E-state index is 0.220. The monoisotopic (exact) mass is 459 g/mol. The maximum absolute atomic E-state index is 13.3. The number of pyridine rings is 1. The van der Waals surface area contributed by atoms with Crippen molar-refractivity contribution in [2.24, 2.45) is 5.10 Å². The molecule has 1 amide bonds. The van der Waals surface area contributed by atoms with Gasteiger partial charge >= 0.3 is 5.91 Å². The van der Waals surface area contributed by atoms with Gasteiger partial charge in [0.05, 0.1) is 30.1 Å². The number of hydrogen-bond donors (Lipinski definition) is 0. The maximum Gasteiger partial charge on any atom is 0.310 e. The zero-order chi connectivity index (χ0) is 22.9. The van der Waals surface area contributed by atoms with Crippen LogP contribution in [0.1, 0.15) is 46.6 Å². The van der Waals surface area contributed by atoms with Crippen molar-refractivity contribution in [3.63, 3.8) is 0 Å². The molecule has 2 aromatic heterocycles. The van der Waals surface area contributed by atoms with Crippen molar-refractivity contribution < 1.29 is 13.9 Å². The standard InChI is InChI=1S/C26H22ClN3O3/c1-3-32-19-10-11-21-18(13-19)14-20(25(27)28-21)23-15-22(17-8-6-16(2)7-9-17)29-30(23)26(31)24-5-4-12-33-24/h4-14,23H,3,15H2,1-2H3/t23-/m0/s1. The molecule has 5 rings (SSSR count). The summed E-state index contributed by atoms with van der Waals surface area (Å²) in [6.07, 6.45) is 1.98. The first-order valence-electron chi connectivity index (χ1n) is 10.8. The Kier molecular flexibility index (Phi) is 5.60. The van der Waals surface area contributed by atoms with E-state index >= 15 is 0 Å². The molecule has 0 fully saturated rings. The molecule has 0 bridgehead atoms. The van der Waals surface area contributed by atoms with Crippen LogP contribution in [0.25, 0.3) is 10.9 Å². The fourth-order valence-electron chi connectivity index (χ4n) is 4.01. The van der Waals surface area contributed by atoms with E-state index in [0.29, 0.717) is 18.2 Å². The van der Waals surface area contributed by atoms with Crippen molar-refractivity contribution in [1.82, 2.24) is 9.99 Å². The van der Waals surface area contributed by atoms with Gasteiger partial charge in [0.2, 0.25) is 0 Å². The molecule has 166 valence electrons. The molecule has 0 saturated carbocycles. The molecule has 1 atom stereocenters. The first-order chi connectivity index (χ1) is 16.0. The molecule has 1 aliphatic heterocycles. The lowest BCUT2D eigenvalue weighted by atomic mass is 9.98. The topological polar surface area (TPSA) is 67.9 Å². The van der Waals surface area contributed by atoms with Crippen molar-refractivity contribution in [3.8, 4) is 5.75 Å². The number of halogens is 1. The van der Waals surface area contributed by atoms with Crippen molar-refractivity contribution in [1.29, 1.82) is 0 Å². The van der Waals surface area contributed by atoms with Gasteiger partial charge in [-0.05, 0) is 55.8 Å². The molecule has 3 heterocycles. The number of fused-ring (bicyclic) bond motifs is 1. The number of hydrogen-bond acceptors (Lipinski definition) is 5. The third-order valence-electron chi connectivity index (χ3n) is 5.67. The van der Waals surface area contributed by atoms with E-state index in [-0.39, 0.29) is 11.7 Å². The summed E-state index contributed by atoms with van der Waals surface area (Å²) in [4.78, 5) is 17.9. The van der Waals surface area contributed by atoms with Crippen LogP contribution in [-0.2, 0) is 0 Å². The van der Waals surface area contributed by atoms with Crippen LogP contribution in [-0.4, -0.2) is 28.2 Å². The summed E-state index contributed by atoms with van der Waals surface area (Å²) in [5.74, 6) is 0.648. The number of carbonyl (C=O) groups is 1. The Balaban J connectivity index is 1.58. The van der Waals surface area contributed by atoms with E-state index in [0.717, 1.165) is 39.1 Å². The number of furan rings is 1. The second-order valence-corrected chi connectivity index (χ2v) is 8.27. The first kappa shape index (κ1) is 21.2. The molecule has 0 aliphatic carbocycles. The van der Waals surface area contributed by atoms with Crippen molar-refractivity contribution in [2.45, 2.75) is 26.3 Å². The molecule has 0 saturated heterocycles.